The van der Waals surface area contributed by atoms with Gasteiger partial charge in [-0.3, -0.25) is 9.59 Å². The maximum absolute atomic E-state index is 13.0. The van der Waals surface area contributed by atoms with Crippen LogP contribution in [0.2, 0.25) is 0 Å². The van der Waals surface area contributed by atoms with Crippen LogP contribution >= 0.6 is 0 Å². The highest BCUT2D eigenvalue weighted by Crippen LogP contribution is 2.43. The molecule has 0 bridgehead atoms. The summed E-state index contributed by atoms with van der Waals surface area (Å²) in [7, 11) is 0. The van der Waals surface area contributed by atoms with E-state index in [4.69, 9.17) is 0 Å². The topological polar surface area (TPSA) is 57.6 Å². The molecular formula is C22H23NO3. The van der Waals surface area contributed by atoms with E-state index >= 15 is 0 Å². The minimum Gasteiger partial charge on any atom is -0.375 e. The average Bonchev–Trinajstić information content (AvgIpc) is 2.79. The summed E-state index contributed by atoms with van der Waals surface area (Å²) in [6.45, 7) is 9.77. The first-order valence-corrected chi connectivity index (χ1v) is 8.62. The molecule has 1 N–H and O–H groups in total. The van der Waals surface area contributed by atoms with Gasteiger partial charge in [-0.2, -0.15) is 0 Å². The SMILES string of the molecule is C=C(C)CN1C(=O)[C@@](O)(CC(=O)c2cc(C)ccc2C)c2ccccc21. The number of ketones is 1. The van der Waals surface area contributed by atoms with E-state index in [9.17, 15) is 14.7 Å². The lowest BCUT2D eigenvalue weighted by Gasteiger charge is -2.23. The number of carbonyl (C=O) groups is 2. The van der Waals surface area contributed by atoms with Crippen LogP contribution in [-0.2, 0) is 10.4 Å². The molecule has 0 saturated carbocycles. The minimum absolute atomic E-state index is 0.242. The summed E-state index contributed by atoms with van der Waals surface area (Å²) in [5, 5.41) is 11.2. The molecule has 1 amide bonds. The van der Waals surface area contributed by atoms with Crippen LogP contribution in [0.5, 0.6) is 0 Å². The second-order valence-corrected chi connectivity index (χ2v) is 7.14. The van der Waals surface area contributed by atoms with Gasteiger partial charge in [0.2, 0.25) is 0 Å². The molecule has 0 aliphatic carbocycles. The number of aryl methyl sites for hydroxylation is 2. The lowest BCUT2D eigenvalue weighted by Crippen LogP contribution is -2.42. The number of hydrogen-bond acceptors (Lipinski definition) is 3. The Balaban J connectivity index is 2.01. The van der Waals surface area contributed by atoms with Gasteiger partial charge in [0.1, 0.15) is 0 Å². The summed E-state index contributed by atoms with van der Waals surface area (Å²) in [4.78, 5) is 27.4. The number of fused-ring (bicyclic) bond motifs is 1. The monoisotopic (exact) mass is 349 g/mol. The second kappa shape index (κ2) is 6.54. The molecule has 0 fully saturated rings. The number of amides is 1. The maximum atomic E-state index is 13.0. The maximum Gasteiger partial charge on any atom is 0.264 e. The molecule has 2 aromatic rings. The molecular weight excluding hydrogens is 326 g/mol. The number of aliphatic hydroxyl groups is 1. The van der Waals surface area contributed by atoms with Crippen molar-refractivity contribution in [2.45, 2.75) is 32.8 Å². The molecule has 1 heterocycles. The van der Waals surface area contributed by atoms with E-state index in [1.807, 2.05) is 39.0 Å². The lowest BCUT2D eigenvalue weighted by molar-refractivity contribution is -0.135. The largest absolute Gasteiger partial charge is 0.375 e. The highest BCUT2D eigenvalue weighted by atomic mass is 16.3. The molecule has 1 aliphatic rings. The van der Waals surface area contributed by atoms with Crippen LogP contribution in [0, 0.1) is 13.8 Å². The summed E-state index contributed by atoms with van der Waals surface area (Å²) >= 11 is 0. The first-order chi connectivity index (χ1) is 12.2. The highest BCUT2D eigenvalue weighted by molar-refractivity contribution is 6.11. The van der Waals surface area contributed by atoms with Gasteiger partial charge in [0.05, 0.1) is 12.1 Å². The minimum atomic E-state index is -1.85. The van der Waals surface area contributed by atoms with Crippen LogP contribution in [0.1, 0.15) is 40.4 Å². The van der Waals surface area contributed by atoms with Crippen LogP contribution in [0.15, 0.2) is 54.6 Å². The van der Waals surface area contributed by atoms with E-state index in [2.05, 4.69) is 6.58 Å². The molecule has 0 saturated heterocycles. The van der Waals surface area contributed by atoms with Crippen molar-refractivity contribution in [2.75, 3.05) is 11.4 Å². The van der Waals surface area contributed by atoms with Crippen LogP contribution in [0.4, 0.5) is 5.69 Å². The molecule has 1 atom stereocenters. The van der Waals surface area contributed by atoms with Crippen molar-refractivity contribution in [1.29, 1.82) is 0 Å². The van der Waals surface area contributed by atoms with Crippen LogP contribution in [-0.4, -0.2) is 23.3 Å². The Labute approximate surface area is 153 Å². The molecule has 0 aromatic heterocycles. The van der Waals surface area contributed by atoms with Crippen molar-refractivity contribution in [1.82, 2.24) is 0 Å². The summed E-state index contributed by atoms with van der Waals surface area (Å²) in [5.41, 5.74) is 2.41. The van der Waals surface area contributed by atoms with Gasteiger partial charge in [-0.25, -0.2) is 0 Å². The number of carbonyl (C=O) groups excluding carboxylic acids is 2. The number of benzene rings is 2. The number of rotatable bonds is 5. The van der Waals surface area contributed by atoms with Gasteiger partial charge in [0, 0.05) is 17.7 Å². The van der Waals surface area contributed by atoms with Crippen molar-refractivity contribution in [3.05, 3.63) is 76.9 Å². The Morgan fingerprint density at radius 2 is 1.88 bits per heavy atom. The highest BCUT2D eigenvalue weighted by Gasteiger charge is 2.50. The Morgan fingerprint density at radius 3 is 2.58 bits per heavy atom. The van der Waals surface area contributed by atoms with Gasteiger partial charge in [0.25, 0.3) is 5.91 Å². The van der Waals surface area contributed by atoms with Crippen LogP contribution in [0.3, 0.4) is 0 Å². The Morgan fingerprint density at radius 1 is 1.19 bits per heavy atom. The molecule has 4 nitrogen and oxygen atoms in total. The summed E-state index contributed by atoms with van der Waals surface area (Å²) in [5.74, 6) is -0.714. The summed E-state index contributed by atoms with van der Waals surface area (Å²) < 4.78 is 0. The third-order valence-corrected chi connectivity index (χ3v) is 4.78. The molecule has 4 heteroatoms. The normalized spacial score (nSPS) is 18.8. The molecule has 3 rings (SSSR count). The summed E-state index contributed by atoms with van der Waals surface area (Å²) in [6.07, 6.45) is -0.278. The first kappa shape index (κ1) is 18.1. The van der Waals surface area contributed by atoms with E-state index in [0.717, 1.165) is 16.7 Å². The number of anilines is 1. The van der Waals surface area contributed by atoms with Gasteiger partial charge in [0.15, 0.2) is 11.4 Å². The average molecular weight is 349 g/mol. The fourth-order valence-corrected chi connectivity index (χ4v) is 3.47. The van der Waals surface area contributed by atoms with Crippen molar-refractivity contribution >= 4 is 17.4 Å². The molecule has 2 aromatic carbocycles. The quantitative estimate of drug-likeness (QED) is 0.662. The summed E-state index contributed by atoms with van der Waals surface area (Å²) in [6, 6.07) is 12.7. The van der Waals surface area contributed by atoms with E-state index in [1.54, 1.807) is 24.3 Å². The number of Topliss-reactive ketones (excluding diaryl/α,β-unsaturated/α-hetero) is 1. The molecule has 134 valence electrons. The Bertz CT molecular complexity index is 915. The zero-order chi connectivity index (χ0) is 19.1. The number of hydrogen-bond donors (Lipinski definition) is 1. The fraction of sp³-hybridized carbons (Fsp3) is 0.273. The van der Waals surface area contributed by atoms with Gasteiger partial charge in [-0.1, -0.05) is 48.0 Å². The predicted octanol–water partition coefficient (Wildman–Crippen LogP) is 3.69. The van der Waals surface area contributed by atoms with Gasteiger partial charge in [-0.15, -0.1) is 0 Å². The van der Waals surface area contributed by atoms with E-state index < -0.39 is 11.5 Å². The number of para-hydroxylation sites is 1. The van der Waals surface area contributed by atoms with Gasteiger partial charge in [-0.05, 0) is 38.5 Å². The third kappa shape index (κ3) is 2.97. The van der Waals surface area contributed by atoms with E-state index in [0.29, 0.717) is 23.4 Å². The molecule has 0 unspecified atom stereocenters. The molecule has 26 heavy (non-hydrogen) atoms. The number of nitrogens with zero attached hydrogens (tertiary/aromatic N) is 1. The lowest BCUT2D eigenvalue weighted by atomic mass is 9.87. The second-order valence-electron chi connectivity index (χ2n) is 7.14. The van der Waals surface area contributed by atoms with Gasteiger partial charge >= 0.3 is 0 Å². The van der Waals surface area contributed by atoms with Crippen molar-refractivity contribution in [3.63, 3.8) is 0 Å². The van der Waals surface area contributed by atoms with E-state index in [1.165, 1.54) is 4.90 Å². The molecule has 0 spiro atoms. The van der Waals surface area contributed by atoms with Crippen LogP contribution < -0.4 is 4.90 Å². The Kier molecular flexibility index (Phi) is 4.55. The fourth-order valence-electron chi connectivity index (χ4n) is 3.47. The first-order valence-electron chi connectivity index (χ1n) is 8.62. The third-order valence-electron chi connectivity index (χ3n) is 4.78. The van der Waals surface area contributed by atoms with E-state index in [-0.39, 0.29) is 12.2 Å². The van der Waals surface area contributed by atoms with Crippen LogP contribution in [0.25, 0.3) is 0 Å². The smallest absolute Gasteiger partial charge is 0.264 e. The van der Waals surface area contributed by atoms with Crippen molar-refractivity contribution in [3.8, 4) is 0 Å². The zero-order valence-corrected chi connectivity index (χ0v) is 15.4. The molecule has 1 aliphatic heterocycles. The molecule has 0 radical (unpaired) electrons. The van der Waals surface area contributed by atoms with Gasteiger partial charge < -0.3 is 10.0 Å². The standard InChI is InChI=1S/C22H23NO3/c1-14(2)13-23-19-8-6-5-7-18(19)22(26,21(23)25)12-20(24)17-11-15(3)9-10-16(17)4/h5-11,26H,1,12-13H2,2-4H3/t22-/m1/s1. The predicted molar refractivity (Wildman–Crippen MR) is 102 cm³/mol. The van der Waals surface area contributed by atoms with Crippen molar-refractivity contribution in [2.24, 2.45) is 0 Å². The Hall–Kier alpha value is -2.72. The van der Waals surface area contributed by atoms with Crippen molar-refractivity contribution < 1.29 is 14.7 Å². The zero-order valence-electron chi connectivity index (χ0n) is 15.4.